The summed E-state index contributed by atoms with van der Waals surface area (Å²) in [5, 5.41) is 6.47. The molecule has 0 amide bonds. The highest BCUT2D eigenvalue weighted by Gasteiger charge is 2.03. The van der Waals surface area contributed by atoms with Crippen molar-refractivity contribution in [2.75, 3.05) is 20.2 Å². The molecule has 0 radical (unpaired) electrons. The van der Waals surface area contributed by atoms with Crippen molar-refractivity contribution in [2.24, 2.45) is 4.99 Å². The largest absolute Gasteiger partial charge is 0.494 e. The zero-order valence-corrected chi connectivity index (χ0v) is 15.9. The molecule has 0 saturated carbocycles. The van der Waals surface area contributed by atoms with Crippen LogP contribution in [0.1, 0.15) is 38.7 Å². The van der Waals surface area contributed by atoms with E-state index in [1.807, 2.05) is 13.0 Å². The average molecular weight is 423 g/mol. The minimum absolute atomic E-state index is 0. The van der Waals surface area contributed by atoms with Crippen LogP contribution in [-0.2, 0) is 6.54 Å². The number of halogens is 2. The van der Waals surface area contributed by atoms with E-state index in [4.69, 9.17) is 4.74 Å². The number of hydrogen-bond acceptors (Lipinski definition) is 2. The Balaban J connectivity index is 0.00000441. The number of hydrogen-bond donors (Lipinski definition) is 2. The van der Waals surface area contributed by atoms with E-state index in [2.05, 4.69) is 22.5 Å². The van der Waals surface area contributed by atoms with Crippen LogP contribution < -0.4 is 15.4 Å². The predicted octanol–water partition coefficient (Wildman–Crippen LogP) is 3.70. The molecule has 0 unspecified atom stereocenters. The molecule has 126 valence electrons. The van der Waals surface area contributed by atoms with Gasteiger partial charge in [-0.05, 0) is 31.0 Å². The minimum Gasteiger partial charge on any atom is -0.494 e. The fourth-order valence-electron chi connectivity index (χ4n) is 1.90. The van der Waals surface area contributed by atoms with E-state index in [1.54, 1.807) is 6.07 Å². The smallest absolute Gasteiger partial charge is 0.191 e. The molecule has 0 saturated heterocycles. The molecular formula is C16H27FIN3O. The first-order chi connectivity index (χ1) is 10.2. The van der Waals surface area contributed by atoms with Crippen molar-refractivity contribution in [3.8, 4) is 5.75 Å². The Hall–Kier alpha value is -1.05. The summed E-state index contributed by atoms with van der Waals surface area (Å²) in [7, 11) is 1.46. The number of ether oxygens (including phenoxy) is 1. The van der Waals surface area contributed by atoms with Crippen molar-refractivity contribution in [1.29, 1.82) is 0 Å². The lowest BCUT2D eigenvalue weighted by Crippen LogP contribution is -2.37. The third-order valence-corrected chi connectivity index (χ3v) is 3.05. The van der Waals surface area contributed by atoms with E-state index >= 15 is 0 Å². The predicted molar refractivity (Wildman–Crippen MR) is 101 cm³/mol. The lowest BCUT2D eigenvalue weighted by atomic mass is 10.2. The molecule has 1 rings (SSSR count). The van der Waals surface area contributed by atoms with Crippen molar-refractivity contribution in [3.63, 3.8) is 0 Å². The first-order valence-corrected chi connectivity index (χ1v) is 7.55. The zero-order chi connectivity index (χ0) is 15.5. The molecule has 4 nitrogen and oxygen atoms in total. The third-order valence-electron chi connectivity index (χ3n) is 3.05. The molecule has 0 fully saturated rings. The average Bonchev–Trinajstić information content (AvgIpc) is 2.49. The topological polar surface area (TPSA) is 45.7 Å². The summed E-state index contributed by atoms with van der Waals surface area (Å²) in [5.41, 5.74) is 0.819. The number of nitrogens with one attached hydrogen (secondary N) is 2. The highest BCUT2D eigenvalue weighted by Crippen LogP contribution is 2.17. The highest BCUT2D eigenvalue weighted by molar-refractivity contribution is 14.0. The molecule has 0 aliphatic rings. The summed E-state index contributed by atoms with van der Waals surface area (Å²) in [6, 6.07) is 4.91. The molecule has 0 spiro atoms. The number of benzene rings is 1. The van der Waals surface area contributed by atoms with Gasteiger partial charge in [0.1, 0.15) is 0 Å². The van der Waals surface area contributed by atoms with Crippen molar-refractivity contribution < 1.29 is 9.13 Å². The van der Waals surface area contributed by atoms with E-state index < -0.39 is 0 Å². The number of methoxy groups -OCH3 is 1. The number of aliphatic imine (C=N–C) groups is 1. The molecule has 2 N–H and O–H groups in total. The summed E-state index contributed by atoms with van der Waals surface area (Å²) >= 11 is 0. The van der Waals surface area contributed by atoms with Crippen molar-refractivity contribution >= 4 is 29.9 Å². The van der Waals surface area contributed by atoms with E-state index in [1.165, 1.54) is 26.0 Å². The summed E-state index contributed by atoms with van der Waals surface area (Å²) in [4.78, 5) is 4.46. The maximum absolute atomic E-state index is 13.6. The zero-order valence-electron chi connectivity index (χ0n) is 13.6. The Morgan fingerprint density at radius 3 is 2.59 bits per heavy atom. The van der Waals surface area contributed by atoms with Crippen LogP contribution in [0.4, 0.5) is 4.39 Å². The molecule has 0 atom stereocenters. The van der Waals surface area contributed by atoms with Gasteiger partial charge >= 0.3 is 0 Å². The molecule has 0 aromatic heterocycles. The summed E-state index contributed by atoms with van der Waals surface area (Å²) in [6.07, 6.45) is 3.52. The number of guanidine groups is 1. The van der Waals surface area contributed by atoms with Crippen LogP contribution in [0.2, 0.25) is 0 Å². The Bertz CT molecular complexity index is 455. The fraction of sp³-hybridized carbons (Fsp3) is 0.562. The van der Waals surface area contributed by atoms with Crippen molar-refractivity contribution in [2.45, 2.75) is 39.7 Å². The molecule has 0 bridgehead atoms. The Morgan fingerprint density at radius 2 is 2.00 bits per heavy atom. The van der Waals surface area contributed by atoms with Crippen LogP contribution in [0.15, 0.2) is 23.2 Å². The Morgan fingerprint density at radius 1 is 1.23 bits per heavy atom. The first-order valence-electron chi connectivity index (χ1n) is 7.55. The van der Waals surface area contributed by atoms with Crippen LogP contribution >= 0.6 is 24.0 Å². The lowest BCUT2D eigenvalue weighted by Gasteiger charge is -2.11. The maximum Gasteiger partial charge on any atom is 0.191 e. The van der Waals surface area contributed by atoms with E-state index in [0.29, 0.717) is 6.54 Å². The van der Waals surface area contributed by atoms with Crippen LogP contribution in [-0.4, -0.2) is 26.2 Å². The third kappa shape index (κ3) is 7.82. The second kappa shape index (κ2) is 12.5. The quantitative estimate of drug-likeness (QED) is 0.290. The van der Waals surface area contributed by atoms with Gasteiger partial charge < -0.3 is 15.4 Å². The van der Waals surface area contributed by atoms with Crippen molar-refractivity contribution in [3.05, 3.63) is 29.6 Å². The summed E-state index contributed by atoms with van der Waals surface area (Å²) < 4.78 is 18.5. The van der Waals surface area contributed by atoms with Gasteiger partial charge in [0.05, 0.1) is 13.7 Å². The van der Waals surface area contributed by atoms with Gasteiger partial charge in [-0.1, -0.05) is 25.8 Å². The summed E-state index contributed by atoms with van der Waals surface area (Å²) in [6.45, 7) is 6.34. The van der Waals surface area contributed by atoms with E-state index in [-0.39, 0.29) is 35.5 Å². The minimum atomic E-state index is -0.355. The fourth-order valence-corrected chi connectivity index (χ4v) is 1.90. The molecule has 1 aromatic rings. The second-order valence-electron chi connectivity index (χ2n) is 4.80. The normalized spacial score (nSPS) is 10.8. The highest BCUT2D eigenvalue weighted by atomic mass is 127. The Kier molecular flexibility index (Phi) is 11.9. The van der Waals surface area contributed by atoms with Gasteiger partial charge in [0.25, 0.3) is 0 Å². The van der Waals surface area contributed by atoms with Gasteiger partial charge in [-0.3, -0.25) is 0 Å². The molecule has 0 heterocycles. The molecule has 0 aliphatic heterocycles. The molecule has 1 aromatic carbocycles. The van der Waals surface area contributed by atoms with Gasteiger partial charge in [-0.25, -0.2) is 9.38 Å². The first kappa shape index (κ1) is 20.9. The number of unbranched alkanes of at least 4 members (excludes halogenated alkanes) is 2. The Labute approximate surface area is 149 Å². The molecule has 0 aliphatic carbocycles. The van der Waals surface area contributed by atoms with Crippen LogP contribution in [0.3, 0.4) is 0 Å². The van der Waals surface area contributed by atoms with Gasteiger partial charge in [-0.2, -0.15) is 0 Å². The molecular weight excluding hydrogens is 396 g/mol. The number of rotatable bonds is 8. The van der Waals surface area contributed by atoms with Gasteiger partial charge in [0.15, 0.2) is 17.5 Å². The van der Waals surface area contributed by atoms with E-state index in [9.17, 15) is 4.39 Å². The van der Waals surface area contributed by atoms with E-state index in [0.717, 1.165) is 31.0 Å². The monoisotopic (exact) mass is 423 g/mol. The number of nitrogens with zero attached hydrogens (tertiary/aromatic N) is 1. The second-order valence-corrected chi connectivity index (χ2v) is 4.80. The van der Waals surface area contributed by atoms with Gasteiger partial charge in [0, 0.05) is 13.1 Å². The summed E-state index contributed by atoms with van der Waals surface area (Å²) in [5.74, 6) is 0.670. The van der Waals surface area contributed by atoms with Crippen LogP contribution in [0, 0.1) is 5.82 Å². The lowest BCUT2D eigenvalue weighted by molar-refractivity contribution is 0.386. The molecule has 6 heteroatoms. The van der Waals surface area contributed by atoms with Crippen LogP contribution in [0.25, 0.3) is 0 Å². The molecule has 22 heavy (non-hydrogen) atoms. The maximum atomic E-state index is 13.6. The SMILES string of the molecule is CCCCCNC(=NCc1ccc(OC)c(F)c1)NCC.I. The van der Waals surface area contributed by atoms with Crippen molar-refractivity contribution in [1.82, 2.24) is 10.6 Å². The van der Waals surface area contributed by atoms with Crippen LogP contribution in [0.5, 0.6) is 5.75 Å². The standard InChI is InChI=1S/C16H26FN3O.HI/c1-4-6-7-10-19-16(18-5-2)20-12-13-8-9-15(21-3)14(17)11-13;/h8-9,11H,4-7,10,12H2,1-3H3,(H2,18,19,20);1H. The van der Waals surface area contributed by atoms with Gasteiger partial charge in [0.2, 0.25) is 0 Å². The van der Waals surface area contributed by atoms with Gasteiger partial charge in [-0.15, -0.1) is 24.0 Å².